The van der Waals surface area contributed by atoms with Gasteiger partial charge < -0.3 is 5.32 Å². The van der Waals surface area contributed by atoms with E-state index < -0.39 is 0 Å². The van der Waals surface area contributed by atoms with Gasteiger partial charge in [-0.25, -0.2) is 0 Å². The van der Waals surface area contributed by atoms with Gasteiger partial charge in [0.05, 0.1) is 12.5 Å². The van der Waals surface area contributed by atoms with E-state index in [2.05, 4.69) is 11.6 Å². The quantitative estimate of drug-likeness (QED) is 0.520. The Kier molecular flexibility index (Phi) is 7.46. The van der Waals surface area contributed by atoms with Gasteiger partial charge in [0.25, 0.3) is 0 Å². The van der Waals surface area contributed by atoms with E-state index in [-0.39, 0.29) is 23.9 Å². The Bertz CT molecular complexity index is 310. The van der Waals surface area contributed by atoms with E-state index >= 15 is 0 Å². The maximum atomic E-state index is 12.1. The molecule has 0 aromatic heterocycles. The molecule has 4 nitrogen and oxygen atoms in total. The lowest BCUT2D eigenvalue weighted by Gasteiger charge is -2.21. The minimum atomic E-state index is -0.290. The summed E-state index contributed by atoms with van der Waals surface area (Å²) < 4.78 is 0. The summed E-state index contributed by atoms with van der Waals surface area (Å²) in [7, 11) is 0. The molecule has 1 fully saturated rings. The molecule has 2 amide bonds. The number of hydrogen-bond acceptors (Lipinski definition) is 4. The number of unbranched alkanes of at least 4 members (excludes halogenated alkanes) is 2. The van der Waals surface area contributed by atoms with Crippen LogP contribution in [0.25, 0.3) is 0 Å². The van der Waals surface area contributed by atoms with Crippen molar-refractivity contribution in [1.29, 1.82) is 0 Å². The molecule has 0 saturated carbocycles. The minimum Gasteiger partial charge on any atom is -0.305 e. The first-order valence-corrected chi connectivity index (χ1v) is 8.59. The van der Waals surface area contributed by atoms with Crippen LogP contribution in [0.3, 0.4) is 0 Å². The second-order valence-corrected chi connectivity index (χ2v) is 6.11. The highest BCUT2D eigenvalue weighted by molar-refractivity contribution is 7.98. The molecule has 5 heteroatoms. The van der Waals surface area contributed by atoms with Crippen LogP contribution >= 0.6 is 11.8 Å². The van der Waals surface area contributed by atoms with Gasteiger partial charge in [0.2, 0.25) is 11.8 Å². The molecule has 1 rings (SSSR count). The zero-order valence-electron chi connectivity index (χ0n) is 12.3. The van der Waals surface area contributed by atoms with Crippen molar-refractivity contribution in [1.82, 2.24) is 10.2 Å². The van der Waals surface area contributed by atoms with E-state index in [0.29, 0.717) is 6.42 Å². The number of imide groups is 1. The van der Waals surface area contributed by atoms with Crippen LogP contribution in [0.4, 0.5) is 0 Å². The molecule has 0 aliphatic carbocycles. The maximum Gasteiger partial charge on any atom is 0.247 e. The van der Waals surface area contributed by atoms with Crippen molar-refractivity contribution in [2.45, 2.75) is 58.0 Å². The molecule has 0 bridgehead atoms. The van der Waals surface area contributed by atoms with Crippen LogP contribution in [-0.2, 0) is 9.59 Å². The summed E-state index contributed by atoms with van der Waals surface area (Å²) in [5.74, 6) is 1.13. The highest BCUT2D eigenvalue weighted by atomic mass is 32.2. The van der Waals surface area contributed by atoms with Crippen LogP contribution in [0.15, 0.2) is 0 Å². The van der Waals surface area contributed by atoms with E-state index in [1.54, 1.807) is 0 Å². The summed E-state index contributed by atoms with van der Waals surface area (Å²) in [6, 6.07) is -0.268. The first kappa shape index (κ1) is 16.5. The number of rotatable bonds is 9. The first-order valence-electron chi connectivity index (χ1n) is 7.20. The van der Waals surface area contributed by atoms with Crippen molar-refractivity contribution >= 4 is 23.6 Å². The van der Waals surface area contributed by atoms with Gasteiger partial charge in [-0.05, 0) is 44.7 Å². The third kappa shape index (κ3) is 4.80. The standard InChI is InChI=1S/C14H26N2O2S/c1-4-11(2)16-13(17)10-12(14(16)18)15-8-6-5-7-9-19-3/h11-12,15H,4-10H2,1-3H3. The average Bonchev–Trinajstić information content (AvgIpc) is 2.68. The molecular weight excluding hydrogens is 260 g/mol. The third-order valence-electron chi connectivity index (χ3n) is 3.63. The van der Waals surface area contributed by atoms with Crippen molar-refractivity contribution in [3.63, 3.8) is 0 Å². The largest absolute Gasteiger partial charge is 0.305 e. The van der Waals surface area contributed by atoms with Crippen LogP contribution in [0.1, 0.15) is 46.0 Å². The molecule has 0 spiro atoms. The third-order valence-corrected chi connectivity index (χ3v) is 4.33. The lowest BCUT2D eigenvalue weighted by molar-refractivity contribution is -0.141. The number of amides is 2. The normalized spacial score (nSPS) is 21.2. The van der Waals surface area contributed by atoms with Gasteiger partial charge in [-0.3, -0.25) is 14.5 Å². The Balaban J connectivity index is 2.28. The lowest BCUT2D eigenvalue weighted by Crippen LogP contribution is -2.42. The highest BCUT2D eigenvalue weighted by Crippen LogP contribution is 2.18. The molecular formula is C14H26N2O2S. The fourth-order valence-corrected chi connectivity index (χ4v) is 2.77. The molecule has 0 aromatic rings. The number of likely N-dealkylation sites (tertiary alicyclic amines) is 1. The average molecular weight is 286 g/mol. The molecule has 1 heterocycles. The van der Waals surface area contributed by atoms with Crippen LogP contribution in [0.2, 0.25) is 0 Å². The monoisotopic (exact) mass is 286 g/mol. The number of carbonyl (C=O) groups excluding carboxylic acids is 2. The summed E-state index contributed by atoms with van der Waals surface area (Å²) in [5, 5.41) is 3.23. The van der Waals surface area contributed by atoms with E-state index in [0.717, 1.165) is 19.4 Å². The van der Waals surface area contributed by atoms with Gasteiger partial charge in [-0.15, -0.1) is 0 Å². The second-order valence-electron chi connectivity index (χ2n) is 5.12. The number of hydrogen-bond donors (Lipinski definition) is 1. The predicted molar refractivity (Wildman–Crippen MR) is 80.2 cm³/mol. The maximum absolute atomic E-state index is 12.1. The number of carbonyl (C=O) groups is 2. The molecule has 19 heavy (non-hydrogen) atoms. The molecule has 110 valence electrons. The summed E-state index contributed by atoms with van der Waals surface area (Å²) in [4.78, 5) is 25.4. The van der Waals surface area contributed by atoms with Crippen LogP contribution in [-0.4, -0.2) is 47.4 Å². The Morgan fingerprint density at radius 2 is 2.11 bits per heavy atom. The Labute approximate surface area is 120 Å². The van der Waals surface area contributed by atoms with Gasteiger partial charge in [0.1, 0.15) is 0 Å². The topological polar surface area (TPSA) is 49.4 Å². The number of nitrogens with zero attached hydrogens (tertiary/aromatic N) is 1. The SMILES string of the molecule is CCC(C)N1C(=O)CC(NCCCCCSC)C1=O. The lowest BCUT2D eigenvalue weighted by atomic mass is 10.2. The minimum absolute atomic E-state index is 0.0216. The van der Waals surface area contributed by atoms with Crippen molar-refractivity contribution < 1.29 is 9.59 Å². The van der Waals surface area contributed by atoms with Gasteiger partial charge in [-0.2, -0.15) is 11.8 Å². The van der Waals surface area contributed by atoms with Crippen molar-refractivity contribution in [2.75, 3.05) is 18.6 Å². The van der Waals surface area contributed by atoms with Gasteiger partial charge in [0, 0.05) is 6.04 Å². The van der Waals surface area contributed by atoms with Crippen LogP contribution < -0.4 is 5.32 Å². The van der Waals surface area contributed by atoms with Gasteiger partial charge >= 0.3 is 0 Å². The molecule has 1 saturated heterocycles. The summed E-state index contributed by atoms with van der Waals surface area (Å²) in [5.41, 5.74) is 0. The summed E-state index contributed by atoms with van der Waals surface area (Å²) >= 11 is 1.87. The zero-order chi connectivity index (χ0) is 14.3. The Hall–Kier alpha value is -0.550. The molecule has 2 unspecified atom stereocenters. The summed E-state index contributed by atoms with van der Waals surface area (Å²) in [6.45, 7) is 4.75. The fraction of sp³-hybridized carbons (Fsp3) is 0.857. The first-order chi connectivity index (χ1) is 9.11. The van der Waals surface area contributed by atoms with Crippen molar-refractivity contribution in [3.8, 4) is 0 Å². The van der Waals surface area contributed by atoms with Crippen molar-refractivity contribution in [3.05, 3.63) is 0 Å². The van der Waals surface area contributed by atoms with Crippen molar-refractivity contribution in [2.24, 2.45) is 0 Å². The smallest absolute Gasteiger partial charge is 0.247 e. The van der Waals surface area contributed by atoms with E-state index in [1.807, 2.05) is 25.6 Å². The van der Waals surface area contributed by atoms with Gasteiger partial charge in [-0.1, -0.05) is 13.3 Å². The predicted octanol–water partition coefficient (Wildman–Crippen LogP) is 2.04. The molecule has 1 N–H and O–H groups in total. The molecule has 0 aromatic carbocycles. The number of nitrogens with one attached hydrogen (secondary N) is 1. The molecule has 0 radical (unpaired) electrons. The Morgan fingerprint density at radius 1 is 1.37 bits per heavy atom. The van der Waals surface area contributed by atoms with E-state index in [9.17, 15) is 9.59 Å². The molecule has 1 aliphatic rings. The molecule has 2 atom stereocenters. The summed E-state index contributed by atoms with van der Waals surface area (Å²) in [6.07, 6.45) is 6.73. The number of thioether (sulfide) groups is 1. The Morgan fingerprint density at radius 3 is 2.74 bits per heavy atom. The van der Waals surface area contributed by atoms with E-state index in [4.69, 9.17) is 0 Å². The molecule has 1 aliphatic heterocycles. The van der Waals surface area contributed by atoms with Crippen LogP contribution in [0, 0.1) is 0 Å². The van der Waals surface area contributed by atoms with Gasteiger partial charge in [0.15, 0.2) is 0 Å². The van der Waals surface area contributed by atoms with Crippen LogP contribution in [0.5, 0.6) is 0 Å². The fourth-order valence-electron chi connectivity index (χ4n) is 2.28. The second kappa shape index (κ2) is 8.59. The highest BCUT2D eigenvalue weighted by Gasteiger charge is 2.39. The zero-order valence-corrected chi connectivity index (χ0v) is 13.1. The van der Waals surface area contributed by atoms with E-state index in [1.165, 1.54) is 23.5 Å².